The normalized spacial score (nSPS) is 13.7. The highest BCUT2D eigenvalue weighted by atomic mass is 15.3. The Morgan fingerprint density at radius 2 is 1.67 bits per heavy atom. The molecule has 2 aromatic carbocycles. The van der Waals surface area contributed by atoms with Crippen molar-refractivity contribution in [3.05, 3.63) is 82.9 Å². The summed E-state index contributed by atoms with van der Waals surface area (Å²) >= 11 is 0. The summed E-state index contributed by atoms with van der Waals surface area (Å²) in [7, 11) is 1.97. The number of nitrogens with one attached hydrogen (secondary N) is 2. The maximum absolute atomic E-state index is 4.78. The van der Waals surface area contributed by atoms with Crippen molar-refractivity contribution >= 4 is 5.96 Å². The van der Waals surface area contributed by atoms with Gasteiger partial charge in [0.2, 0.25) is 0 Å². The molecule has 0 bridgehead atoms. The number of aliphatic imine (C=N–C) groups is 1. The number of hydrogen-bond donors (Lipinski definition) is 2. The fourth-order valence-corrected chi connectivity index (χ4v) is 3.18. The number of aromatic nitrogens is 3. The number of guanidine groups is 1. The molecule has 1 heterocycles. The molecule has 0 fully saturated rings. The molecule has 0 aliphatic carbocycles. The van der Waals surface area contributed by atoms with Gasteiger partial charge < -0.3 is 15.2 Å². The molecule has 2 unspecified atom stereocenters. The maximum Gasteiger partial charge on any atom is 0.192 e. The van der Waals surface area contributed by atoms with Crippen LogP contribution in [-0.4, -0.2) is 27.3 Å². The fraction of sp³-hybridized carbons (Fsp3) is 0.375. The topological polar surface area (TPSA) is 67.1 Å². The zero-order valence-corrected chi connectivity index (χ0v) is 18.6. The summed E-state index contributed by atoms with van der Waals surface area (Å²) < 4.78 is 1.97. The molecule has 158 valence electrons. The first-order valence-electron chi connectivity index (χ1n) is 10.4. The van der Waals surface area contributed by atoms with E-state index in [1.54, 1.807) is 0 Å². The lowest BCUT2D eigenvalue weighted by Gasteiger charge is -2.21. The van der Waals surface area contributed by atoms with Crippen molar-refractivity contribution < 1.29 is 0 Å². The summed E-state index contributed by atoms with van der Waals surface area (Å²) in [6.45, 7) is 9.67. The average molecular weight is 405 g/mol. The van der Waals surface area contributed by atoms with Crippen LogP contribution in [0.5, 0.6) is 0 Å². The van der Waals surface area contributed by atoms with Crippen LogP contribution in [-0.2, 0) is 13.6 Å². The van der Waals surface area contributed by atoms with Gasteiger partial charge in [-0.3, -0.25) is 0 Å². The van der Waals surface area contributed by atoms with Crippen molar-refractivity contribution in [2.75, 3.05) is 6.54 Å². The van der Waals surface area contributed by atoms with E-state index in [9.17, 15) is 0 Å². The molecular weight excluding hydrogens is 372 g/mol. The molecule has 0 aliphatic rings. The quantitative estimate of drug-likeness (QED) is 0.461. The minimum absolute atomic E-state index is 0.133. The third-order valence-corrected chi connectivity index (χ3v) is 5.44. The molecule has 0 aliphatic heterocycles. The van der Waals surface area contributed by atoms with Gasteiger partial charge in [0.1, 0.15) is 12.4 Å². The van der Waals surface area contributed by atoms with E-state index >= 15 is 0 Å². The number of hydrogen-bond acceptors (Lipinski definition) is 3. The number of nitrogens with zero attached hydrogens (tertiary/aromatic N) is 4. The highest BCUT2D eigenvalue weighted by Crippen LogP contribution is 2.15. The van der Waals surface area contributed by atoms with E-state index < -0.39 is 0 Å². The lowest BCUT2D eigenvalue weighted by molar-refractivity contribution is 0.651. The smallest absolute Gasteiger partial charge is 0.192 e. The summed E-state index contributed by atoms with van der Waals surface area (Å²) in [6, 6.07) is 19.2. The predicted molar refractivity (Wildman–Crippen MR) is 122 cm³/mol. The first-order chi connectivity index (χ1) is 14.4. The van der Waals surface area contributed by atoms with Crippen molar-refractivity contribution in [2.45, 2.75) is 46.2 Å². The van der Waals surface area contributed by atoms with E-state index in [2.05, 4.69) is 90.1 Å². The van der Waals surface area contributed by atoms with Crippen molar-refractivity contribution in [3.63, 3.8) is 0 Å². The van der Waals surface area contributed by atoms with Gasteiger partial charge in [-0.1, -0.05) is 67.1 Å². The largest absolute Gasteiger partial charge is 0.356 e. The third kappa shape index (κ3) is 5.69. The zero-order chi connectivity index (χ0) is 21.5. The fourth-order valence-electron chi connectivity index (χ4n) is 3.18. The summed E-state index contributed by atoms with van der Waals surface area (Å²) in [4.78, 5) is 4.78. The van der Waals surface area contributed by atoms with Gasteiger partial charge >= 0.3 is 0 Å². The lowest BCUT2D eigenvalue weighted by Crippen LogP contribution is -2.40. The average Bonchev–Trinajstić information content (AvgIpc) is 3.08. The van der Waals surface area contributed by atoms with E-state index in [0.29, 0.717) is 12.5 Å². The van der Waals surface area contributed by atoms with E-state index in [4.69, 9.17) is 4.99 Å². The molecule has 1 aromatic heterocycles. The van der Waals surface area contributed by atoms with Crippen molar-refractivity contribution in [1.82, 2.24) is 25.4 Å². The van der Waals surface area contributed by atoms with Gasteiger partial charge in [-0.05, 0) is 37.8 Å². The van der Waals surface area contributed by atoms with Gasteiger partial charge in [-0.25, -0.2) is 4.99 Å². The first kappa shape index (κ1) is 21.6. The molecule has 2 atom stereocenters. The van der Waals surface area contributed by atoms with Crippen LogP contribution in [0.3, 0.4) is 0 Å². The number of benzene rings is 2. The first-order valence-corrected chi connectivity index (χ1v) is 10.4. The van der Waals surface area contributed by atoms with Crippen LogP contribution in [0.4, 0.5) is 0 Å². The monoisotopic (exact) mass is 404 g/mol. The van der Waals surface area contributed by atoms with Crippen LogP contribution < -0.4 is 10.6 Å². The lowest BCUT2D eigenvalue weighted by atomic mass is 10.0. The van der Waals surface area contributed by atoms with Crippen LogP contribution >= 0.6 is 0 Å². The Morgan fingerprint density at radius 3 is 2.30 bits per heavy atom. The molecule has 30 heavy (non-hydrogen) atoms. The molecule has 0 saturated carbocycles. The summed E-state index contributed by atoms with van der Waals surface area (Å²) in [5, 5.41) is 15.4. The predicted octanol–water partition coefficient (Wildman–Crippen LogP) is 4.03. The van der Waals surface area contributed by atoms with Crippen LogP contribution in [0.2, 0.25) is 0 Å². The Morgan fingerprint density at radius 1 is 0.967 bits per heavy atom. The van der Waals surface area contributed by atoms with Crippen LogP contribution in [0.1, 0.15) is 54.1 Å². The van der Waals surface area contributed by atoms with E-state index in [1.807, 2.05) is 24.6 Å². The van der Waals surface area contributed by atoms with Gasteiger partial charge in [0, 0.05) is 13.6 Å². The second kappa shape index (κ2) is 10.1. The number of aryl methyl sites for hydroxylation is 2. The molecule has 6 nitrogen and oxygen atoms in total. The van der Waals surface area contributed by atoms with E-state index in [1.165, 1.54) is 16.7 Å². The Bertz CT molecular complexity index is 959. The summed E-state index contributed by atoms with van der Waals surface area (Å²) in [6.07, 6.45) is 0. The standard InChI is InChI=1S/C24H32N6/c1-17-11-13-21(14-12-17)18(2)15-25-24(26-16-23-29-28-20(4)30(23)5)27-19(3)22-9-7-6-8-10-22/h6-14,18-19H,15-16H2,1-5H3,(H2,25,26,27). The van der Waals surface area contributed by atoms with Crippen molar-refractivity contribution in [3.8, 4) is 0 Å². The van der Waals surface area contributed by atoms with Crippen LogP contribution in [0.15, 0.2) is 59.6 Å². The second-order valence-electron chi connectivity index (χ2n) is 7.86. The van der Waals surface area contributed by atoms with E-state index in [-0.39, 0.29) is 6.04 Å². The van der Waals surface area contributed by atoms with E-state index in [0.717, 1.165) is 24.2 Å². The molecule has 3 aromatic rings. The minimum atomic E-state index is 0.133. The molecule has 0 saturated heterocycles. The molecule has 3 rings (SSSR count). The van der Waals surface area contributed by atoms with Gasteiger partial charge in [-0.2, -0.15) is 0 Å². The molecule has 6 heteroatoms. The SMILES string of the molecule is Cc1ccc(C(C)CNC(=NCc2nnc(C)n2C)NC(C)c2ccccc2)cc1. The molecular formula is C24H32N6. The number of rotatable bonds is 7. The van der Waals surface area contributed by atoms with Crippen molar-refractivity contribution in [2.24, 2.45) is 12.0 Å². The molecule has 2 N–H and O–H groups in total. The van der Waals surface area contributed by atoms with Gasteiger partial charge in [-0.15, -0.1) is 10.2 Å². The minimum Gasteiger partial charge on any atom is -0.356 e. The molecule has 0 radical (unpaired) electrons. The Labute approximate surface area is 179 Å². The summed E-state index contributed by atoms with van der Waals surface area (Å²) in [5.74, 6) is 2.86. The Kier molecular flexibility index (Phi) is 7.22. The van der Waals surface area contributed by atoms with Gasteiger partial charge in [0.05, 0.1) is 6.04 Å². The van der Waals surface area contributed by atoms with Gasteiger partial charge in [0.25, 0.3) is 0 Å². The van der Waals surface area contributed by atoms with Crippen molar-refractivity contribution in [1.29, 1.82) is 0 Å². The molecule has 0 amide bonds. The zero-order valence-electron chi connectivity index (χ0n) is 18.6. The maximum atomic E-state index is 4.78. The van der Waals surface area contributed by atoms with Crippen LogP contribution in [0, 0.1) is 13.8 Å². The van der Waals surface area contributed by atoms with Crippen LogP contribution in [0.25, 0.3) is 0 Å². The van der Waals surface area contributed by atoms with Gasteiger partial charge in [0.15, 0.2) is 11.8 Å². The Balaban J connectivity index is 1.71. The highest BCUT2D eigenvalue weighted by Gasteiger charge is 2.12. The highest BCUT2D eigenvalue weighted by molar-refractivity contribution is 5.80. The third-order valence-electron chi connectivity index (χ3n) is 5.44. The second-order valence-corrected chi connectivity index (χ2v) is 7.86. The molecule has 0 spiro atoms. The Hall–Kier alpha value is -3.15. The summed E-state index contributed by atoms with van der Waals surface area (Å²) in [5.41, 5.74) is 3.80.